The first-order valence-corrected chi connectivity index (χ1v) is 9.08. The summed E-state index contributed by atoms with van der Waals surface area (Å²) >= 11 is 0. The first kappa shape index (κ1) is 20.0. The minimum Gasteiger partial charge on any atom is -0.496 e. The number of amides is 2. The molecule has 0 saturated carbocycles. The van der Waals surface area contributed by atoms with E-state index in [9.17, 15) is 9.59 Å². The van der Waals surface area contributed by atoms with Crippen LogP contribution in [-0.2, 0) is 11.3 Å². The SMILES string of the molecule is COc1ccccc1CNC(=O)C(C)Oc1ccc(NC(=O)c2ccco2)cc1. The van der Waals surface area contributed by atoms with Gasteiger partial charge in [0.2, 0.25) is 0 Å². The molecular formula is C22H22N2O5. The Kier molecular flexibility index (Phi) is 6.52. The zero-order valence-electron chi connectivity index (χ0n) is 16.2. The molecule has 3 rings (SSSR count). The number of carbonyl (C=O) groups is 2. The van der Waals surface area contributed by atoms with Gasteiger partial charge in [0.15, 0.2) is 11.9 Å². The molecule has 1 heterocycles. The second-order valence-corrected chi connectivity index (χ2v) is 6.25. The smallest absolute Gasteiger partial charge is 0.291 e. The van der Waals surface area contributed by atoms with E-state index in [0.717, 1.165) is 5.56 Å². The third-order valence-electron chi connectivity index (χ3n) is 4.18. The number of rotatable bonds is 8. The van der Waals surface area contributed by atoms with Gasteiger partial charge in [-0.05, 0) is 49.4 Å². The van der Waals surface area contributed by atoms with Crippen molar-refractivity contribution in [3.8, 4) is 11.5 Å². The first-order valence-electron chi connectivity index (χ1n) is 9.08. The number of ether oxygens (including phenoxy) is 2. The highest BCUT2D eigenvalue weighted by Gasteiger charge is 2.15. The van der Waals surface area contributed by atoms with Crippen LogP contribution in [0.25, 0.3) is 0 Å². The molecule has 29 heavy (non-hydrogen) atoms. The van der Waals surface area contributed by atoms with E-state index in [1.807, 2.05) is 24.3 Å². The van der Waals surface area contributed by atoms with E-state index in [1.165, 1.54) is 6.26 Å². The van der Waals surface area contributed by atoms with Gasteiger partial charge in [-0.3, -0.25) is 9.59 Å². The molecule has 7 nitrogen and oxygen atoms in total. The van der Waals surface area contributed by atoms with Crippen molar-refractivity contribution >= 4 is 17.5 Å². The second kappa shape index (κ2) is 9.45. The molecule has 2 aromatic carbocycles. The minimum absolute atomic E-state index is 0.227. The second-order valence-electron chi connectivity index (χ2n) is 6.25. The van der Waals surface area contributed by atoms with E-state index >= 15 is 0 Å². The molecule has 7 heteroatoms. The number of anilines is 1. The number of nitrogens with one attached hydrogen (secondary N) is 2. The van der Waals surface area contributed by atoms with Crippen molar-refractivity contribution in [3.63, 3.8) is 0 Å². The average molecular weight is 394 g/mol. The van der Waals surface area contributed by atoms with Gasteiger partial charge in [0.1, 0.15) is 11.5 Å². The highest BCUT2D eigenvalue weighted by Crippen LogP contribution is 2.19. The van der Waals surface area contributed by atoms with Gasteiger partial charge in [-0.15, -0.1) is 0 Å². The van der Waals surface area contributed by atoms with Crippen LogP contribution in [0.5, 0.6) is 11.5 Å². The van der Waals surface area contributed by atoms with Gasteiger partial charge in [-0.25, -0.2) is 0 Å². The summed E-state index contributed by atoms with van der Waals surface area (Å²) < 4.78 is 16.0. The molecule has 0 aliphatic rings. The van der Waals surface area contributed by atoms with Crippen molar-refractivity contribution in [1.82, 2.24) is 5.32 Å². The Morgan fingerprint density at radius 3 is 2.48 bits per heavy atom. The van der Waals surface area contributed by atoms with Gasteiger partial charge in [-0.1, -0.05) is 18.2 Å². The third kappa shape index (κ3) is 5.38. The molecule has 0 spiro atoms. The highest BCUT2D eigenvalue weighted by atomic mass is 16.5. The lowest BCUT2D eigenvalue weighted by Gasteiger charge is -2.16. The zero-order valence-corrected chi connectivity index (χ0v) is 16.2. The number of para-hydroxylation sites is 1. The van der Waals surface area contributed by atoms with E-state index in [2.05, 4.69) is 10.6 Å². The Labute approximate surface area is 168 Å². The molecule has 0 saturated heterocycles. The summed E-state index contributed by atoms with van der Waals surface area (Å²) in [5.74, 6) is 0.874. The molecule has 0 aliphatic carbocycles. The van der Waals surface area contributed by atoms with E-state index in [1.54, 1.807) is 50.4 Å². The fourth-order valence-corrected chi connectivity index (χ4v) is 2.65. The lowest BCUT2D eigenvalue weighted by Crippen LogP contribution is -2.35. The molecule has 2 amide bonds. The number of methoxy groups -OCH3 is 1. The van der Waals surface area contributed by atoms with Gasteiger partial charge in [0, 0.05) is 17.8 Å². The standard InChI is InChI=1S/C22H22N2O5/c1-15(21(25)23-14-16-6-3-4-7-19(16)27-2)29-18-11-9-17(10-12-18)24-22(26)20-8-5-13-28-20/h3-13,15H,14H2,1-2H3,(H,23,25)(H,24,26). The van der Waals surface area contributed by atoms with Crippen LogP contribution < -0.4 is 20.1 Å². The number of carbonyl (C=O) groups excluding carboxylic acids is 2. The average Bonchev–Trinajstić information content (AvgIpc) is 3.28. The lowest BCUT2D eigenvalue weighted by atomic mass is 10.2. The van der Waals surface area contributed by atoms with Crippen LogP contribution in [0.3, 0.4) is 0 Å². The van der Waals surface area contributed by atoms with Gasteiger partial charge in [-0.2, -0.15) is 0 Å². The van der Waals surface area contributed by atoms with Crippen molar-refractivity contribution in [2.75, 3.05) is 12.4 Å². The summed E-state index contributed by atoms with van der Waals surface area (Å²) in [7, 11) is 1.59. The molecular weight excluding hydrogens is 372 g/mol. The van der Waals surface area contributed by atoms with Crippen LogP contribution in [-0.4, -0.2) is 25.0 Å². The molecule has 0 aliphatic heterocycles. The topological polar surface area (TPSA) is 89.8 Å². The summed E-state index contributed by atoms with van der Waals surface area (Å²) in [6, 6.07) is 17.5. The van der Waals surface area contributed by atoms with E-state index in [-0.39, 0.29) is 17.6 Å². The highest BCUT2D eigenvalue weighted by molar-refractivity contribution is 6.02. The molecule has 1 unspecified atom stereocenters. The Hall–Kier alpha value is -3.74. The minimum atomic E-state index is -0.687. The predicted molar refractivity (Wildman–Crippen MR) is 108 cm³/mol. The van der Waals surface area contributed by atoms with Crippen LogP contribution in [0.2, 0.25) is 0 Å². The van der Waals surface area contributed by atoms with Gasteiger partial charge in [0.25, 0.3) is 11.8 Å². The number of hydrogen-bond donors (Lipinski definition) is 2. The number of benzene rings is 2. The van der Waals surface area contributed by atoms with Crippen LogP contribution in [0.4, 0.5) is 5.69 Å². The maximum Gasteiger partial charge on any atom is 0.291 e. The fourth-order valence-electron chi connectivity index (χ4n) is 2.65. The number of hydrogen-bond acceptors (Lipinski definition) is 5. The normalized spacial score (nSPS) is 11.4. The summed E-state index contributed by atoms with van der Waals surface area (Å²) in [4.78, 5) is 24.3. The molecule has 3 aromatic rings. The van der Waals surface area contributed by atoms with E-state index < -0.39 is 6.10 Å². The van der Waals surface area contributed by atoms with E-state index in [4.69, 9.17) is 13.9 Å². The third-order valence-corrected chi connectivity index (χ3v) is 4.18. The number of furan rings is 1. The summed E-state index contributed by atoms with van der Waals surface area (Å²) in [5.41, 5.74) is 1.47. The maximum atomic E-state index is 12.3. The molecule has 0 fully saturated rings. The van der Waals surface area contributed by atoms with Crippen molar-refractivity contribution in [3.05, 3.63) is 78.3 Å². The van der Waals surface area contributed by atoms with Crippen molar-refractivity contribution in [1.29, 1.82) is 0 Å². The first-order chi connectivity index (χ1) is 14.1. The Bertz CT molecular complexity index is 952. The molecule has 0 bridgehead atoms. The summed E-state index contributed by atoms with van der Waals surface area (Å²) in [6.07, 6.45) is 0.750. The van der Waals surface area contributed by atoms with Gasteiger partial charge < -0.3 is 24.5 Å². The quantitative estimate of drug-likeness (QED) is 0.609. The lowest BCUT2D eigenvalue weighted by molar-refractivity contribution is -0.127. The Morgan fingerprint density at radius 2 is 1.79 bits per heavy atom. The van der Waals surface area contributed by atoms with Crippen LogP contribution in [0.15, 0.2) is 71.3 Å². The Morgan fingerprint density at radius 1 is 1.03 bits per heavy atom. The van der Waals surface area contributed by atoms with Gasteiger partial charge >= 0.3 is 0 Å². The largest absolute Gasteiger partial charge is 0.496 e. The Balaban J connectivity index is 1.51. The van der Waals surface area contributed by atoms with Crippen molar-refractivity contribution in [2.24, 2.45) is 0 Å². The monoisotopic (exact) mass is 394 g/mol. The van der Waals surface area contributed by atoms with Crippen LogP contribution in [0, 0.1) is 0 Å². The van der Waals surface area contributed by atoms with E-state index in [0.29, 0.717) is 23.7 Å². The van der Waals surface area contributed by atoms with Crippen LogP contribution >= 0.6 is 0 Å². The summed E-state index contributed by atoms with van der Waals surface area (Å²) in [5, 5.41) is 5.55. The van der Waals surface area contributed by atoms with Crippen molar-refractivity contribution in [2.45, 2.75) is 19.6 Å². The fraction of sp³-hybridized carbons (Fsp3) is 0.182. The molecule has 150 valence electrons. The zero-order chi connectivity index (χ0) is 20.6. The predicted octanol–water partition coefficient (Wildman–Crippen LogP) is 3.62. The molecule has 0 radical (unpaired) electrons. The molecule has 2 N–H and O–H groups in total. The summed E-state index contributed by atoms with van der Waals surface area (Å²) in [6.45, 7) is 2.01. The maximum absolute atomic E-state index is 12.3. The molecule has 1 atom stereocenters. The van der Waals surface area contributed by atoms with Gasteiger partial charge in [0.05, 0.1) is 13.4 Å². The van der Waals surface area contributed by atoms with Crippen molar-refractivity contribution < 1.29 is 23.5 Å². The molecule has 1 aromatic heterocycles. The van der Waals surface area contributed by atoms with Crippen LogP contribution in [0.1, 0.15) is 23.0 Å².